The number of nitrogens with zero attached hydrogens (tertiary/aromatic N) is 1. The second kappa shape index (κ2) is 7.27. The van der Waals surface area contributed by atoms with Crippen molar-refractivity contribution in [2.24, 2.45) is 0 Å². The second-order valence-corrected chi connectivity index (χ2v) is 9.47. The zero-order valence-corrected chi connectivity index (χ0v) is 14.4. The number of sulfonamides is 2. The number of halogens is 1. The number of nitrogens with one attached hydrogen (secondary N) is 1. The first kappa shape index (κ1) is 17.7. The molecule has 0 atom stereocenters. The van der Waals surface area contributed by atoms with Gasteiger partial charge in [0.2, 0.25) is 20.0 Å². The van der Waals surface area contributed by atoms with Crippen molar-refractivity contribution in [3.63, 3.8) is 0 Å². The molecular weight excluding hydrogens is 348 g/mol. The van der Waals surface area contributed by atoms with Crippen LogP contribution in [0, 0.1) is 0 Å². The van der Waals surface area contributed by atoms with E-state index in [1.165, 1.54) is 4.31 Å². The number of hydrogen-bond acceptors (Lipinski definition) is 4. The molecule has 0 aromatic heterocycles. The van der Waals surface area contributed by atoms with Crippen LogP contribution in [-0.4, -0.2) is 46.5 Å². The fourth-order valence-corrected chi connectivity index (χ4v) is 5.31. The van der Waals surface area contributed by atoms with Crippen LogP contribution < -0.4 is 4.72 Å². The van der Waals surface area contributed by atoms with E-state index in [1.54, 1.807) is 24.3 Å². The third kappa shape index (κ3) is 4.92. The number of hydrogen-bond donors (Lipinski definition) is 1. The van der Waals surface area contributed by atoms with Crippen LogP contribution in [0.4, 0.5) is 0 Å². The predicted octanol–water partition coefficient (Wildman–Crippen LogP) is 1.19. The van der Waals surface area contributed by atoms with Crippen LogP contribution in [0.25, 0.3) is 0 Å². The molecule has 6 nitrogen and oxygen atoms in total. The van der Waals surface area contributed by atoms with Gasteiger partial charge in [-0.2, -0.15) is 0 Å². The Bertz CT molecular complexity index is 713. The van der Waals surface area contributed by atoms with Crippen molar-refractivity contribution in [3.8, 4) is 0 Å². The summed E-state index contributed by atoms with van der Waals surface area (Å²) in [6.45, 7) is 0.912. The highest BCUT2D eigenvalue weighted by Crippen LogP contribution is 2.17. The molecule has 0 unspecified atom stereocenters. The maximum atomic E-state index is 12.0. The van der Waals surface area contributed by atoms with E-state index in [-0.39, 0.29) is 18.1 Å². The van der Waals surface area contributed by atoms with Gasteiger partial charge >= 0.3 is 0 Å². The normalized spacial score (nSPS) is 17.0. The molecule has 1 aliphatic rings. The molecule has 1 aromatic carbocycles. The molecule has 0 aliphatic carbocycles. The minimum Gasteiger partial charge on any atom is -0.214 e. The monoisotopic (exact) mass is 366 g/mol. The Morgan fingerprint density at radius 1 is 1.09 bits per heavy atom. The maximum absolute atomic E-state index is 12.0. The highest BCUT2D eigenvalue weighted by atomic mass is 35.5. The first-order valence-corrected chi connectivity index (χ1v) is 10.6. The van der Waals surface area contributed by atoms with E-state index in [1.807, 2.05) is 0 Å². The molecule has 1 fully saturated rings. The van der Waals surface area contributed by atoms with Crippen LogP contribution in [0.15, 0.2) is 24.3 Å². The van der Waals surface area contributed by atoms with E-state index in [4.69, 9.17) is 11.6 Å². The summed E-state index contributed by atoms with van der Waals surface area (Å²) in [5.74, 6) is -0.495. The molecule has 1 aromatic rings. The van der Waals surface area contributed by atoms with E-state index >= 15 is 0 Å². The Labute approximate surface area is 136 Å². The summed E-state index contributed by atoms with van der Waals surface area (Å²) in [6, 6.07) is 6.66. The van der Waals surface area contributed by atoms with Crippen molar-refractivity contribution in [1.82, 2.24) is 9.03 Å². The Morgan fingerprint density at radius 3 is 2.36 bits per heavy atom. The number of benzene rings is 1. The zero-order chi connectivity index (χ0) is 16.2. The van der Waals surface area contributed by atoms with E-state index in [0.29, 0.717) is 23.7 Å². The van der Waals surface area contributed by atoms with Crippen molar-refractivity contribution in [2.45, 2.75) is 18.6 Å². The van der Waals surface area contributed by atoms with Gasteiger partial charge in [0.1, 0.15) is 0 Å². The van der Waals surface area contributed by atoms with Crippen LogP contribution in [0.3, 0.4) is 0 Å². The van der Waals surface area contributed by atoms with Gasteiger partial charge in [0.25, 0.3) is 0 Å². The Kier molecular flexibility index (Phi) is 5.84. The lowest BCUT2D eigenvalue weighted by molar-refractivity contribution is 0.477. The molecule has 0 radical (unpaired) electrons. The fourth-order valence-electron chi connectivity index (χ4n) is 2.29. The number of rotatable bonds is 7. The van der Waals surface area contributed by atoms with Crippen LogP contribution in [0.2, 0.25) is 5.02 Å². The van der Waals surface area contributed by atoms with Crippen LogP contribution >= 0.6 is 11.6 Å². The van der Waals surface area contributed by atoms with Crippen LogP contribution in [0.5, 0.6) is 0 Å². The summed E-state index contributed by atoms with van der Waals surface area (Å²) in [7, 11) is -7.00. The van der Waals surface area contributed by atoms with Crippen molar-refractivity contribution in [3.05, 3.63) is 34.9 Å². The smallest absolute Gasteiger partial charge is 0.214 e. The average Bonchev–Trinajstić information content (AvgIpc) is 2.95. The SMILES string of the molecule is O=S(=O)(Cc1ccccc1Cl)NCCS(=O)(=O)N1CCCC1. The van der Waals surface area contributed by atoms with Gasteiger partial charge in [-0.3, -0.25) is 0 Å². The second-order valence-electron chi connectivity index (χ2n) is 5.17. The minimum atomic E-state index is -3.62. The van der Waals surface area contributed by atoms with Crippen molar-refractivity contribution < 1.29 is 16.8 Å². The summed E-state index contributed by atoms with van der Waals surface area (Å²) in [6.07, 6.45) is 1.72. The lowest BCUT2D eigenvalue weighted by Crippen LogP contribution is -2.36. The van der Waals surface area contributed by atoms with Gasteiger partial charge < -0.3 is 0 Å². The molecule has 1 saturated heterocycles. The maximum Gasteiger partial charge on any atom is 0.215 e. The summed E-state index contributed by atoms with van der Waals surface area (Å²) >= 11 is 5.93. The van der Waals surface area contributed by atoms with E-state index in [0.717, 1.165) is 12.8 Å². The first-order valence-electron chi connectivity index (χ1n) is 6.99. The van der Waals surface area contributed by atoms with Gasteiger partial charge in [-0.1, -0.05) is 29.8 Å². The molecule has 0 amide bonds. The Balaban J connectivity index is 1.89. The van der Waals surface area contributed by atoms with Gasteiger partial charge in [-0.15, -0.1) is 0 Å². The highest BCUT2D eigenvalue weighted by Gasteiger charge is 2.25. The standard InChI is InChI=1S/C13H19ClN2O4S2/c14-13-6-2-1-5-12(13)11-21(17,18)15-7-10-22(19,20)16-8-3-4-9-16/h1-2,5-6,15H,3-4,7-11H2. The largest absolute Gasteiger partial charge is 0.215 e. The van der Waals surface area contributed by atoms with Crippen LogP contribution in [-0.2, 0) is 25.8 Å². The Hall–Kier alpha value is -0.670. The first-order chi connectivity index (χ1) is 10.3. The third-order valence-corrected chi connectivity index (χ3v) is 7.02. The lowest BCUT2D eigenvalue weighted by Gasteiger charge is -2.15. The van der Waals surface area contributed by atoms with Gasteiger partial charge in [0, 0.05) is 24.7 Å². The zero-order valence-electron chi connectivity index (χ0n) is 12.0. The molecular formula is C13H19ClN2O4S2. The molecule has 22 heavy (non-hydrogen) atoms. The molecule has 0 saturated carbocycles. The molecule has 2 rings (SSSR count). The highest BCUT2D eigenvalue weighted by molar-refractivity contribution is 7.89. The summed E-state index contributed by atoms with van der Waals surface area (Å²) in [5.41, 5.74) is 0.485. The van der Waals surface area contributed by atoms with E-state index in [2.05, 4.69) is 4.72 Å². The van der Waals surface area contributed by atoms with Crippen molar-refractivity contribution in [2.75, 3.05) is 25.4 Å². The molecule has 0 spiro atoms. The third-order valence-electron chi connectivity index (χ3n) is 3.44. The molecule has 9 heteroatoms. The lowest BCUT2D eigenvalue weighted by atomic mass is 10.2. The topological polar surface area (TPSA) is 83.5 Å². The molecule has 1 aliphatic heterocycles. The molecule has 124 valence electrons. The summed E-state index contributed by atoms with van der Waals surface area (Å²) in [4.78, 5) is 0. The quantitative estimate of drug-likeness (QED) is 0.785. The predicted molar refractivity (Wildman–Crippen MR) is 86.7 cm³/mol. The fraction of sp³-hybridized carbons (Fsp3) is 0.538. The summed E-state index contributed by atoms with van der Waals surface area (Å²) < 4.78 is 51.7. The van der Waals surface area contributed by atoms with Gasteiger partial charge in [0.05, 0.1) is 11.5 Å². The van der Waals surface area contributed by atoms with E-state index in [9.17, 15) is 16.8 Å². The summed E-state index contributed by atoms with van der Waals surface area (Å²) in [5, 5.41) is 0.373. The van der Waals surface area contributed by atoms with Crippen molar-refractivity contribution >= 4 is 31.6 Å². The molecule has 1 heterocycles. The minimum absolute atomic E-state index is 0.133. The van der Waals surface area contributed by atoms with E-state index < -0.39 is 20.0 Å². The van der Waals surface area contributed by atoms with Crippen LogP contribution in [0.1, 0.15) is 18.4 Å². The van der Waals surface area contributed by atoms with Crippen molar-refractivity contribution in [1.29, 1.82) is 0 Å². The van der Waals surface area contributed by atoms with Gasteiger partial charge in [0.15, 0.2) is 0 Å². The molecule has 0 bridgehead atoms. The molecule has 1 N–H and O–H groups in total. The average molecular weight is 367 g/mol. The van der Waals surface area contributed by atoms with Gasteiger partial charge in [-0.05, 0) is 24.5 Å². The van der Waals surface area contributed by atoms with Gasteiger partial charge in [-0.25, -0.2) is 25.9 Å². The Morgan fingerprint density at radius 2 is 1.73 bits per heavy atom.